The summed E-state index contributed by atoms with van der Waals surface area (Å²) in [5, 5.41) is 14.9. The summed E-state index contributed by atoms with van der Waals surface area (Å²) in [6.45, 7) is 9.33. The van der Waals surface area contributed by atoms with Crippen LogP contribution in [-0.4, -0.2) is 54.4 Å². The van der Waals surface area contributed by atoms with E-state index >= 15 is 0 Å². The molecule has 1 heterocycles. The van der Waals surface area contributed by atoms with Gasteiger partial charge in [-0.25, -0.2) is 4.79 Å². The SMILES string of the molecule is CCC(CO)NC(=O)NCC(C(C)C)N1CCCCCC1. The van der Waals surface area contributed by atoms with Gasteiger partial charge in [-0.05, 0) is 38.3 Å². The van der Waals surface area contributed by atoms with E-state index in [0.717, 1.165) is 19.5 Å². The highest BCUT2D eigenvalue weighted by molar-refractivity contribution is 5.74. The number of rotatable bonds is 7. The lowest BCUT2D eigenvalue weighted by Crippen LogP contribution is -2.51. The monoisotopic (exact) mass is 299 g/mol. The van der Waals surface area contributed by atoms with Crippen LogP contribution in [0.3, 0.4) is 0 Å². The molecule has 0 aromatic rings. The molecule has 1 aliphatic heterocycles. The number of carbonyl (C=O) groups excluding carboxylic acids is 1. The molecule has 124 valence electrons. The third-order valence-electron chi connectivity index (χ3n) is 4.40. The molecule has 1 aliphatic rings. The molecule has 1 rings (SSSR count). The minimum atomic E-state index is -0.170. The lowest BCUT2D eigenvalue weighted by Gasteiger charge is -2.33. The molecule has 5 heteroatoms. The van der Waals surface area contributed by atoms with Gasteiger partial charge in [-0.15, -0.1) is 0 Å². The van der Waals surface area contributed by atoms with Gasteiger partial charge in [-0.3, -0.25) is 4.90 Å². The second-order valence-corrected chi connectivity index (χ2v) is 6.40. The lowest BCUT2D eigenvalue weighted by atomic mass is 10.0. The minimum Gasteiger partial charge on any atom is -0.394 e. The number of hydrogen-bond donors (Lipinski definition) is 3. The number of amides is 2. The Morgan fingerprint density at radius 3 is 2.29 bits per heavy atom. The predicted octanol–water partition coefficient (Wildman–Crippen LogP) is 1.96. The van der Waals surface area contributed by atoms with Gasteiger partial charge in [0.05, 0.1) is 12.6 Å². The van der Waals surface area contributed by atoms with Gasteiger partial charge in [0, 0.05) is 12.6 Å². The first-order valence-corrected chi connectivity index (χ1v) is 8.47. The Labute approximate surface area is 129 Å². The zero-order valence-corrected chi connectivity index (χ0v) is 13.9. The Hall–Kier alpha value is -0.810. The first-order chi connectivity index (χ1) is 10.1. The fourth-order valence-corrected chi connectivity index (χ4v) is 2.92. The number of urea groups is 1. The van der Waals surface area contributed by atoms with Crippen molar-refractivity contribution in [1.29, 1.82) is 0 Å². The summed E-state index contributed by atoms with van der Waals surface area (Å²) < 4.78 is 0. The van der Waals surface area contributed by atoms with E-state index in [9.17, 15) is 4.79 Å². The third kappa shape index (κ3) is 6.66. The topological polar surface area (TPSA) is 64.6 Å². The summed E-state index contributed by atoms with van der Waals surface area (Å²) in [5.74, 6) is 0.517. The van der Waals surface area contributed by atoms with Gasteiger partial charge in [-0.1, -0.05) is 33.6 Å². The van der Waals surface area contributed by atoms with Gasteiger partial charge >= 0.3 is 6.03 Å². The van der Waals surface area contributed by atoms with Crippen LogP contribution >= 0.6 is 0 Å². The van der Waals surface area contributed by atoms with Crippen molar-refractivity contribution in [3.63, 3.8) is 0 Å². The molecule has 0 spiro atoms. The Bertz CT molecular complexity index is 285. The minimum absolute atomic E-state index is 0.0103. The van der Waals surface area contributed by atoms with Crippen molar-refractivity contribution in [3.05, 3.63) is 0 Å². The van der Waals surface area contributed by atoms with Crippen molar-refractivity contribution < 1.29 is 9.90 Å². The smallest absolute Gasteiger partial charge is 0.315 e. The van der Waals surface area contributed by atoms with Crippen LogP contribution in [0.15, 0.2) is 0 Å². The highest BCUT2D eigenvalue weighted by atomic mass is 16.3. The van der Waals surface area contributed by atoms with E-state index in [1.54, 1.807) is 0 Å². The lowest BCUT2D eigenvalue weighted by molar-refractivity contribution is 0.155. The first-order valence-electron chi connectivity index (χ1n) is 8.47. The largest absolute Gasteiger partial charge is 0.394 e. The maximum Gasteiger partial charge on any atom is 0.315 e. The van der Waals surface area contributed by atoms with Crippen molar-refractivity contribution in [1.82, 2.24) is 15.5 Å². The van der Waals surface area contributed by atoms with Gasteiger partial charge in [0.25, 0.3) is 0 Å². The molecule has 1 saturated heterocycles. The van der Waals surface area contributed by atoms with Gasteiger partial charge in [0.15, 0.2) is 0 Å². The molecule has 3 N–H and O–H groups in total. The Balaban J connectivity index is 2.44. The maximum absolute atomic E-state index is 11.9. The standard InChI is InChI=1S/C16H33N3O2/c1-4-14(12-20)18-16(21)17-11-15(13(2)3)19-9-7-5-6-8-10-19/h13-15,20H,4-12H2,1-3H3,(H2,17,18,21). The van der Waals surface area contributed by atoms with E-state index in [2.05, 4.69) is 29.4 Å². The fraction of sp³-hybridized carbons (Fsp3) is 0.938. The number of aliphatic hydroxyl groups is 1. The Kier molecular flexibility index (Phi) is 8.69. The van der Waals surface area contributed by atoms with Crippen LogP contribution in [0, 0.1) is 5.92 Å². The molecule has 1 fully saturated rings. The zero-order chi connectivity index (χ0) is 15.7. The van der Waals surface area contributed by atoms with Crippen LogP contribution < -0.4 is 10.6 Å². The molecule has 2 unspecified atom stereocenters. The molecule has 2 amide bonds. The number of nitrogens with zero attached hydrogens (tertiary/aromatic N) is 1. The van der Waals surface area contributed by atoms with E-state index in [-0.39, 0.29) is 18.7 Å². The molecular formula is C16H33N3O2. The second kappa shape index (κ2) is 10.0. The average molecular weight is 299 g/mol. The Morgan fingerprint density at radius 1 is 1.19 bits per heavy atom. The molecule has 0 bridgehead atoms. The molecule has 0 radical (unpaired) electrons. The van der Waals surface area contributed by atoms with Crippen LogP contribution in [0.2, 0.25) is 0 Å². The maximum atomic E-state index is 11.9. The second-order valence-electron chi connectivity index (χ2n) is 6.40. The van der Waals surface area contributed by atoms with Gasteiger partial charge < -0.3 is 15.7 Å². The molecule has 0 aliphatic carbocycles. The highest BCUT2D eigenvalue weighted by Gasteiger charge is 2.23. The number of hydrogen-bond acceptors (Lipinski definition) is 3. The van der Waals surface area contributed by atoms with Gasteiger partial charge in [0.2, 0.25) is 0 Å². The first kappa shape index (κ1) is 18.2. The molecule has 0 aromatic carbocycles. The summed E-state index contributed by atoms with van der Waals surface area (Å²) in [4.78, 5) is 14.4. The average Bonchev–Trinajstić information content (AvgIpc) is 2.73. The van der Waals surface area contributed by atoms with Crippen LogP contribution in [-0.2, 0) is 0 Å². The highest BCUT2D eigenvalue weighted by Crippen LogP contribution is 2.17. The number of aliphatic hydroxyl groups excluding tert-OH is 1. The Morgan fingerprint density at radius 2 is 1.81 bits per heavy atom. The van der Waals surface area contributed by atoms with E-state index < -0.39 is 0 Å². The summed E-state index contributed by atoms with van der Waals surface area (Å²) in [7, 11) is 0. The number of carbonyl (C=O) groups is 1. The molecule has 0 saturated carbocycles. The third-order valence-corrected chi connectivity index (χ3v) is 4.40. The van der Waals surface area contributed by atoms with E-state index in [4.69, 9.17) is 5.11 Å². The molecule has 2 atom stereocenters. The van der Waals surface area contributed by atoms with E-state index in [1.807, 2.05) is 6.92 Å². The van der Waals surface area contributed by atoms with E-state index in [0.29, 0.717) is 18.5 Å². The van der Waals surface area contributed by atoms with E-state index in [1.165, 1.54) is 25.7 Å². The van der Waals surface area contributed by atoms with Crippen molar-refractivity contribution >= 4 is 6.03 Å². The summed E-state index contributed by atoms with van der Waals surface area (Å²) >= 11 is 0. The summed E-state index contributed by atoms with van der Waals surface area (Å²) in [6, 6.07) is 0.0695. The van der Waals surface area contributed by atoms with Crippen molar-refractivity contribution in [3.8, 4) is 0 Å². The van der Waals surface area contributed by atoms with Crippen LogP contribution in [0.25, 0.3) is 0 Å². The van der Waals surface area contributed by atoms with Crippen LogP contribution in [0.5, 0.6) is 0 Å². The van der Waals surface area contributed by atoms with Crippen molar-refractivity contribution in [2.75, 3.05) is 26.2 Å². The summed E-state index contributed by atoms with van der Waals surface area (Å²) in [5.41, 5.74) is 0. The van der Waals surface area contributed by atoms with Crippen LogP contribution in [0.1, 0.15) is 52.9 Å². The molecule has 21 heavy (non-hydrogen) atoms. The molecule has 5 nitrogen and oxygen atoms in total. The number of likely N-dealkylation sites (tertiary alicyclic amines) is 1. The van der Waals surface area contributed by atoms with Gasteiger partial charge in [0.1, 0.15) is 0 Å². The number of nitrogens with one attached hydrogen (secondary N) is 2. The van der Waals surface area contributed by atoms with Crippen molar-refractivity contribution in [2.45, 2.75) is 65.0 Å². The normalized spacial score (nSPS) is 19.9. The predicted molar refractivity (Wildman–Crippen MR) is 86.4 cm³/mol. The summed E-state index contributed by atoms with van der Waals surface area (Å²) in [6.07, 6.45) is 5.91. The molecular weight excluding hydrogens is 266 g/mol. The zero-order valence-electron chi connectivity index (χ0n) is 13.9. The van der Waals surface area contributed by atoms with Crippen molar-refractivity contribution in [2.24, 2.45) is 5.92 Å². The molecule has 0 aromatic heterocycles. The van der Waals surface area contributed by atoms with Crippen LogP contribution in [0.4, 0.5) is 4.79 Å². The quantitative estimate of drug-likeness (QED) is 0.673. The fourth-order valence-electron chi connectivity index (χ4n) is 2.92. The van der Waals surface area contributed by atoms with Gasteiger partial charge in [-0.2, -0.15) is 0 Å².